The Kier molecular flexibility index (Phi) is 4.90. The van der Waals surface area contributed by atoms with Crippen LogP contribution in [0.5, 0.6) is 0 Å². The number of carbonyl (C=O) groups excluding carboxylic acids is 1. The van der Waals surface area contributed by atoms with E-state index in [9.17, 15) is 4.79 Å². The lowest BCUT2D eigenvalue weighted by atomic mass is 10.2. The minimum absolute atomic E-state index is 0.148. The maximum absolute atomic E-state index is 11.9. The minimum atomic E-state index is -0.545. The van der Waals surface area contributed by atoms with Crippen LogP contribution in [0.4, 0.5) is 11.4 Å². The second-order valence-corrected chi connectivity index (χ2v) is 5.60. The van der Waals surface area contributed by atoms with Crippen molar-refractivity contribution in [3.8, 4) is 0 Å². The highest BCUT2D eigenvalue weighted by molar-refractivity contribution is 5.99. The molecular formula is C18H21N3O2. The number of carbonyl (C=O) groups is 1. The van der Waals surface area contributed by atoms with Crippen LogP contribution in [0.15, 0.2) is 54.6 Å². The van der Waals surface area contributed by atoms with Crippen molar-refractivity contribution in [3.05, 3.63) is 60.2 Å². The van der Waals surface area contributed by atoms with Gasteiger partial charge in [-0.1, -0.05) is 42.5 Å². The molecule has 1 heterocycles. The summed E-state index contributed by atoms with van der Waals surface area (Å²) in [5, 5.41) is 2.87. The normalized spacial score (nSPS) is 17.3. The quantitative estimate of drug-likeness (QED) is 0.829. The topological polar surface area (TPSA) is 67.6 Å². The van der Waals surface area contributed by atoms with Gasteiger partial charge in [0.25, 0.3) is 0 Å². The van der Waals surface area contributed by atoms with Gasteiger partial charge in [-0.2, -0.15) is 0 Å². The predicted octanol–water partition coefficient (Wildman–Crippen LogP) is 1.99. The number of nitrogens with one attached hydrogen (secondary N) is 1. The molecule has 0 radical (unpaired) electrons. The summed E-state index contributed by atoms with van der Waals surface area (Å²) in [5.41, 5.74) is 8.88. The number of rotatable bonds is 5. The van der Waals surface area contributed by atoms with Crippen molar-refractivity contribution >= 4 is 17.3 Å². The van der Waals surface area contributed by atoms with Crippen molar-refractivity contribution in [2.75, 3.05) is 29.9 Å². The van der Waals surface area contributed by atoms with Gasteiger partial charge >= 0.3 is 0 Å². The van der Waals surface area contributed by atoms with Gasteiger partial charge in [0.15, 0.2) is 0 Å². The number of para-hydroxylation sites is 2. The summed E-state index contributed by atoms with van der Waals surface area (Å²) in [5.74, 6) is -0.148. The molecule has 1 unspecified atom stereocenters. The molecule has 23 heavy (non-hydrogen) atoms. The van der Waals surface area contributed by atoms with Gasteiger partial charge in [0, 0.05) is 13.1 Å². The Morgan fingerprint density at radius 1 is 1.13 bits per heavy atom. The van der Waals surface area contributed by atoms with Crippen LogP contribution in [0.2, 0.25) is 0 Å². The number of benzene rings is 2. The third-order valence-electron chi connectivity index (χ3n) is 3.87. The Hall–Kier alpha value is -2.37. The monoisotopic (exact) mass is 311 g/mol. The Labute approximate surface area is 136 Å². The summed E-state index contributed by atoms with van der Waals surface area (Å²) >= 11 is 0. The third kappa shape index (κ3) is 3.88. The van der Waals surface area contributed by atoms with Crippen LogP contribution < -0.4 is 16.0 Å². The van der Waals surface area contributed by atoms with Gasteiger partial charge in [-0.05, 0) is 17.7 Å². The van der Waals surface area contributed by atoms with Gasteiger partial charge in [0.2, 0.25) is 5.91 Å². The molecule has 0 saturated heterocycles. The van der Waals surface area contributed by atoms with Crippen LogP contribution in [0.25, 0.3) is 0 Å². The lowest BCUT2D eigenvalue weighted by molar-refractivity contribution is -0.117. The highest BCUT2D eigenvalue weighted by atomic mass is 16.5. The standard InChI is InChI=1S/C18H21N3O2/c19-15-12-21(10-11-23-13-14-6-2-1-3-7-14)17-9-5-4-8-16(17)20-18(15)22/h1-9,15H,10-13,19H2,(H,20,22). The second-order valence-electron chi connectivity index (χ2n) is 5.60. The van der Waals surface area contributed by atoms with Crippen molar-refractivity contribution < 1.29 is 9.53 Å². The first-order chi connectivity index (χ1) is 11.2. The molecule has 120 valence electrons. The number of nitrogens with zero attached hydrogens (tertiary/aromatic N) is 1. The summed E-state index contributed by atoms with van der Waals surface area (Å²) in [6.45, 7) is 2.33. The zero-order chi connectivity index (χ0) is 16.1. The van der Waals surface area contributed by atoms with Crippen LogP contribution in [0.3, 0.4) is 0 Å². The summed E-state index contributed by atoms with van der Waals surface area (Å²) < 4.78 is 5.75. The van der Waals surface area contributed by atoms with Crippen LogP contribution in [0, 0.1) is 0 Å². The Bertz CT molecular complexity index is 660. The van der Waals surface area contributed by atoms with Gasteiger partial charge in [-0.15, -0.1) is 0 Å². The number of ether oxygens (including phenoxy) is 1. The molecule has 0 bridgehead atoms. The van der Waals surface area contributed by atoms with Gasteiger partial charge in [0.05, 0.1) is 24.6 Å². The maximum Gasteiger partial charge on any atom is 0.243 e. The summed E-state index contributed by atoms with van der Waals surface area (Å²) in [6.07, 6.45) is 0. The summed E-state index contributed by atoms with van der Waals surface area (Å²) in [4.78, 5) is 14.0. The number of fused-ring (bicyclic) bond motifs is 1. The van der Waals surface area contributed by atoms with Crippen molar-refractivity contribution in [2.24, 2.45) is 5.73 Å². The fourth-order valence-electron chi connectivity index (χ4n) is 2.65. The van der Waals surface area contributed by atoms with E-state index in [2.05, 4.69) is 10.2 Å². The largest absolute Gasteiger partial charge is 0.375 e. The highest BCUT2D eigenvalue weighted by Crippen LogP contribution is 2.27. The first-order valence-electron chi connectivity index (χ1n) is 7.76. The fraction of sp³-hybridized carbons (Fsp3) is 0.278. The average Bonchev–Trinajstić information content (AvgIpc) is 2.70. The SMILES string of the molecule is NC1CN(CCOCc2ccccc2)c2ccccc2NC1=O. The molecule has 1 aliphatic heterocycles. The molecule has 1 aliphatic rings. The molecule has 5 heteroatoms. The van der Waals surface area contributed by atoms with E-state index in [0.717, 1.165) is 16.9 Å². The lowest BCUT2D eigenvalue weighted by Crippen LogP contribution is -2.44. The van der Waals surface area contributed by atoms with Crippen LogP contribution >= 0.6 is 0 Å². The van der Waals surface area contributed by atoms with Gasteiger partial charge in [-0.3, -0.25) is 4.79 Å². The predicted molar refractivity (Wildman–Crippen MR) is 91.4 cm³/mol. The van der Waals surface area contributed by atoms with E-state index in [1.807, 2.05) is 54.6 Å². The molecule has 5 nitrogen and oxygen atoms in total. The first kappa shape index (κ1) is 15.5. The summed E-state index contributed by atoms with van der Waals surface area (Å²) in [7, 11) is 0. The van der Waals surface area contributed by atoms with E-state index in [1.54, 1.807) is 0 Å². The second kappa shape index (κ2) is 7.26. The van der Waals surface area contributed by atoms with Crippen LogP contribution in [-0.2, 0) is 16.1 Å². The highest BCUT2D eigenvalue weighted by Gasteiger charge is 2.24. The van der Waals surface area contributed by atoms with E-state index in [1.165, 1.54) is 0 Å². The summed E-state index contributed by atoms with van der Waals surface area (Å²) in [6, 6.07) is 17.3. The van der Waals surface area contributed by atoms with Gasteiger partial charge in [0.1, 0.15) is 6.04 Å². The van der Waals surface area contributed by atoms with E-state index in [4.69, 9.17) is 10.5 Å². The molecule has 1 atom stereocenters. The molecular weight excluding hydrogens is 290 g/mol. The molecule has 0 saturated carbocycles. The van der Waals surface area contributed by atoms with Gasteiger partial charge < -0.3 is 20.7 Å². The number of hydrogen-bond donors (Lipinski definition) is 2. The van der Waals surface area contributed by atoms with Crippen LogP contribution in [-0.4, -0.2) is 31.6 Å². The van der Waals surface area contributed by atoms with Gasteiger partial charge in [-0.25, -0.2) is 0 Å². The maximum atomic E-state index is 11.9. The number of nitrogens with two attached hydrogens (primary N) is 1. The fourth-order valence-corrected chi connectivity index (χ4v) is 2.65. The molecule has 1 amide bonds. The lowest BCUT2D eigenvalue weighted by Gasteiger charge is -2.25. The minimum Gasteiger partial charge on any atom is -0.375 e. The van der Waals surface area contributed by atoms with Crippen LogP contribution in [0.1, 0.15) is 5.56 Å². The molecule has 0 fully saturated rings. The molecule has 0 aromatic heterocycles. The Balaban J connectivity index is 1.61. The van der Waals surface area contributed by atoms with Crippen molar-refractivity contribution in [3.63, 3.8) is 0 Å². The Morgan fingerprint density at radius 2 is 1.87 bits per heavy atom. The molecule has 0 spiro atoms. The molecule has 3 N–H and O–H groups in total. The molecule has 0 aliphatic carbocycles. The zero-order valence-corrected chi connectivity index (χ0v) is 12.9. The third-order valence-corrected chi connectivity index (χ3v) is 3.87. The molecule has 3 rings (SSSR count). The van der Waals surface area contributed by atoms with E-state index in [0.29, 0.717) is 26.3 Å². The zero-order valence-electron chi connectivity index (χ0n) is 12.9. The Morgan fingerprint density at radius 3 is 2.70 bits per heavy atom. The average molecular weight is 311 g/mol. The number of hydrogen-bond acceptors (Lipinski definition) is 4. The van der Waals surface area contributed by atoms with Crippen molar-refractivity contribution in [1.29, 1.82) is 0 Å². The molecule has 2 aromatic rings. The van der Waals surface area contributed by atoms with E-state index in [-0.39, 0.29) is 5.91 Å². The smallest absolute Gasteiger partial charge is 0.243 e. The number of amides is 1. The first-order valence-corrected chi connectivity index (χ1v) is 7.76. The van der Waals surface area contributed by atoms with Crippen molar-refractivity contribution in [1.82, 2.24) is 0 Å². The van der Waals surface area contributed by atoms with E-state index >= 15 is 0 Å². The molecule has 2 aromatic carbocycles. The van der Waals surface area contributed by atoms with Crippen molar-refractivity contribution in [2.45, 2.75) is 12.6 Å². The van der Waals surface area contributed by atoms with E-state index < -0.39 is 6.04 Å². The number of anilines is 2.